The zero-order valence-electron chi connectivity index (χ0n) is 18.9. The van der Waals surface area contributed by atoms with Gasteiger partial charge in [-0.1, -0.05) is 31.2 Å². The monoisotopic (exact) mass is 518 g/mol. The van der Waals surface area contributed by atoms with Gasteiger partial charge < -0.3 is 5.32 Å². The fraction of sp³-hybridized carbons (Fsp3) is 0.409. The number of alkyl halides is 3. The molecule has 0 aromatic heterocycles. The van der Waals surface area contributed by atoms with Crippen LogP contribution in [0.15, 0.2) is 47.4 Å². The number of halogens is 3. The van der Waals surface area contributed by atoms with Crippen molar-refractivity contribution in [1.82, 2.24) is 5.32 Å². The van der Waals surface area contributed by atoms with Crippen LogP contribution in [0.2, 0.25) is 0 Å². The number of rotatable bonds is 7. The van der Waals surface area contributed by atoms with Crippen LogP contribution in [0.25, 0.3) is 0 Å². The molecule has 0 aliphatic heterocycles. The molecule has 1 saturated carbocycles. The summed E-state index contributed by atoms with van der Waals surface area (Å²) in [6, 6.07) is 9.16. The molecule has 186 valence electrons. The number of benzene rings is 2. The van der Waals surface area contributed by atoms with Crippen molar-refractivity contribution < 1.29 is 34.8 Å². The lowest BCUT2D eigenvalue weighted by Crippen LogP contribution is -2.30. The number of nitrogens with one attached hydrogen (secondary N) is 2. The molecule has 1 aliphatic rings. The lowest BCUT2D eigenvalue weighted by atomic mass is 9.95. The minimum absolute atomic E-state index is 0.238. The van der Waals surface area contributed by atoms with Gasteiger partial charge >= 0.3 is 5.51 Å². The fourth-order valence-corrected chi connectivity index (χ4v) is 5.27. The lowest BCUT2D eigenvalue weighted by molar-refractivity contribution is -0.123. The van der Waals surface area contributed by atoms with Crippen LogP contribution in [0.5, 0.6) is 0 Å². The number of sulfonamides is 1. The number of hydrogen-bond donors (Lipinski definition) is 2. The summed E-state index contributed by atoms with van der Waals surface area (Å²) in [5, 5.41) is 2.91. The van der Waals surface area contributed by atoms with Crippen LogP contribution in [-0.2, 0) is 30.1 Å². The van der Waals surface area contributed by atoms with E-state index in [0.29, 0.717) is 23.2 Å². The van der Waals surface area contributed by atoms with Gasteiger partial charge in [0.05, 0.1) is 22.9 Å². The molecule has 3 rings (SSSR count). The number of hydrogen-bond acceptors (Lipinski definition) is 5. The van der Waals surface area contributed by atoms with Gasteiger partial charge in [0.1, 0.15) is 0 Å². The Morgan fingerprint density at radius 3 is 2.18 bits per heavy atom. The van der Waals surface area contributed by atoms with Crippen LogP contribution >= 0.6 is 0 Å². The van der Waals surface area contributed by atoms with E-state index in [9.17, 15) is 34.8 Å². The molecular formula is C22H25F3N2O5S2. The Labute approximate surface area is 196 Å². The van der Waals surface area contributed by atoms with Crippen molar-refractivity contribution in [1.29, 1.82) is 0 Å². The molecule has 0 radical (unpaired) electrons. The first-order chi connectivity index (χ1) is 15.5. The van der Waals surface area contributed by atoms with Gasteiger partial charge in [0.25, 0.3) is 9.84 Å². The van der Waals surface area contributed by atoms with Gasteiger partial charge in [0, 0.05) is 11.3 Å². The van der Waals surface area contributed by atoms with Gasteiger partial charge in [-0.2, -0.15) is 13.2 Å². The Kier molecular flexibility index (Phi) is 6.55. The summed E-state index contributed by atoms with van der Waals surface area (Å²) >= 11 is 0. The number of carbonyl (C=O) groups excluding carboxylic acids is 1. The summed E-state index contributed by atoms with van der Waals surface area (Å²) in [4.78, 5) is 12.0. The highest BCUT2D eigenvalue weighted by atomic mass is 32.2. The van der Waals surface area contributed by atoms with Crippen molar-refractivity contribution in [3.8, 4) is 0 Å². The molecule has 0 bridgehead atoms. The Morgan fingerprint density at radius 2 is 1.68 bits per heavy atom. The van der Waals surface area contributed by atoms with Crippen LogP contribution in [0, 0.1) is 12.8 Å². The van der Waals surface area contributed by atoms with Gasteiger partial charge in [0.15, 0.2) is 0 Å². The number of aryl methyl sites for hydroxylation is 1. The summed E-state index contributed by atoms with van der Waals surface area (Å²) in [7, 11) is -8.85. The second kappa shape index (κ2) is 8.56. The predicted octanol–water partition coefficient (Wildman–Crippen LogP) is 3.82. The lowest BCUT2D eigenvalue weighted by Gasteiger charge is -2.18. The van der Waals surface area contributed by atoms with Gasteiger partial charge in [-0.3, -0.25) is 9.52 Å². The maximum absolute atomic E-state index is 12.8. The van der Waals surface area contributed by atoms with Crippen LogP contribution in [0.4, 0.5) is 18.9 Å². The Balaban J connectivity index is 1.69. The van der Waals surface area contributed by atoms with Crippen LogP contribution in [-0.4, -0.2) is 34.5 Å². The number of sulfone groups is 1. The van der Waals surface area contributed by atoms with Gasteiger partial charge in [-0.25, -0.2) is 16.8 Å². The summed E-state index contributed by atoms with van der Waals surface area (Å²) in [5.74, 6) is -0.662. The molecule has 12 heteroatoms. The SMILES string of the molecule is Cc1cc(C(C)NC(=O)C2CC2(C)c2ccc(S(=O)(=O)C(F)(F)F)cc2)ccc1NS(C)(=O)=O. The van der Waals surface area contributed by atoms with Crippen molar-refractivity contribution in [3.05, 3.63) is 59.2 Å². The highest BCUT2D eigenvalue weighted by molar-refractivity contribution is 7.92. The van der Waals surface area contributed by atoms with Gasteiger partial charge in [-0.15, -0.1) is 0 Å². The first-order valence-corrected chi connectivity index (χ1v) is 13.6. The maximum Gasteiger partial charge on any atom is 0.501 e. The summed E-state index contributed by atoms with van der Waals surface area (Å²) in [6.45, 7) is 5.32. The van der Waals surface area contributed by atoms with E-state index in [2.05, 4.69) is 10.0 Å². The quantitative estimate of drug-likeness (QED) is 0.579. The largest absolute Gasteiger partial charge is 0.501 e. The molecule has 0 saturated heterocycles. The molecule has 1 aliphatic carbocycles. The van der Waals surface area contributed by atoms with Crippen LogP contribution in [0.3, 0.4) is 0 Å². The third kappa shape index (κ3) is 5.22. The molecule has 2 aromatic rings. The zero-order valence-corrected chi connectivity index (χ0v) is 20.5. The molecule has 0 spiro atoms. The van der Waals surface area contributed by atoms with Gasteiger partial charge in [-0.05, 0) is 55.2 Å². The minimum atomic E-state index is -5.43. The van der Waals surface area contributed by atoms with Crippen molar-refractivity contribution in [2.75, 3.05) is 11.0 Å². The molecule has 2 aromatic carbocycles. The van der Waals surface area contributed by atoms with E-state index < -0.39 is 41.6 Å². The highest BCUT2D eigenvalue weighted by Gasteiger charge is 2.56. The first-order valence-electron chi connectivity index (χ1n) is 10.3. The minimum Gasteiger partial charge on any atom is -0.349 e. The predicted molar refractivity (Wildman–Crippen MR) is 121 cm³/mol. The third-order valence-electron chi connectivity index (χ3n) is 6.09. The van der Waals surface area contributed by atoms with E-state index in [1.807, 2.05) is 0 Å². The molecule has 3 atom stereocenters. The number of amides is 1. The normalized spacial score (nSPS) is 21.6. The molecule has 1 amide bonds. The average molecular weight is 519 g/mol. The second-order valence-corrected chi connectivity index (χ2v) is 12.5. The van der Waals surface area contributed by atoms with Crippen molar-refractivity contribution in [2.45, 2.75) is 49.1 Å². The molecule has 3 unspecified atom stereocenters. The molecule has 34 heavy (non-hydrogen) atoms. The van der Waals surface area contributed by atoms with E-state index in [4.69, 9.17) is 0 Å². The first kappa shape index (κ1) is 26.0. The topological polar surface area (TPSA) is 109 Å². The molecule has 1 fully saturated rings. The summed E-state index contributed by atoms with van der Waals surface area (Å²) in [6.07, 6.45) is 1.52. The Hall–Kier alpha value is -2.60. The second-order valence-electron chi connectivity index (χ2n) is 8.83. The Morgan fingerprint density at radius 1 is 1.09 bits per heavy atom. The summed E-state index contributed by atoms with van der Waals surface area (Å²) in [5.41, 5.74) is -3.52. The highest BCUT2D eigenvalue weighted by Crippen LogP contribution is 2.54. The van der Waals surface area contributed by atoms with E-state index in [1.54, 1.807) is 39.0 Å². The smallest absolute Gasteiger partial charge is 0.349 e. The number of carbonyl (C=O) groups is 1. The average Bonchev–Trinajstić information content (AvgIpc) is 3.41. The zero-order chi connectivity index (χ0) is 25.7. The number of anilines is 1. The standard InChI is InChI=1S/C22H25F3N2O5S2/c1-13-11-15(5-10-19(13)27-33(4,29)30)14(2)26-20(28)18-12-21(18,3)16-6-8-17(9-7-16)34(31,32)22(23,24)25/h5-11,14,18,27H,12H2,1-4H3,(H,26,28). The third-order valence-corrected chi connectivity index (χ3v) is 8.18. The van der Waals surface area contributed by atoms with E-state index in [0.717, 1.165) is 24.0 Å². The van der Waals surface area contributed by atoms with E-state index in [1.165, 1.54) is 12.1 Å². The maximum atomic E-state index is 12.8. The van der Waals surface area contributed by atoms with Gasteiger partial charge in [0.2, 0.25) is 15.9 Å². The molecular weight excluding hydrogens is 493 g/mol. The van der Waals surface area contributed by atoms with Crippen molar-refractivity contribution in [3.63, 3.8) is 0 Å². The molecule has 7 nitrogen and oxygen atoms in total. The van der Waals surface area contributed by atoms with E-state index >= 15 is 0 Å². The van der Waals surface area contributed by atoms with Crippen molar-refractivity contribution in [2.24, 2.45) is 5.92 Å². The molecule has 2 N–H and O–H groups in total. The molecule has 0 heterocycles. The fourth-order valence-electron chi connectivity index (χ4n) is 3.88. The van der Waals surface area contributed by atoms with Crippen molar-refractivity contribution >= 4 is 31.5 Å². The summed E-state index contributed by atoms with van der Waals surface area (Å²) < 4.78 is 86.6. The Bertz CT molecular complexity index is 1320. The van der Waals surface area contributed by atoms with Crippen LogP contribution < -0.4 is 10.0 Å². The van der Waals surface area contributed by atoms with Crippen LogP contribution in [0.1, 0.15) is 43.0 Å². The van der Waals surface area contributed by atoms with E-state index in [-0.39, 0.29) is 11.9 Å².